The molecule has 0 bridgehead atoms. The summed E-state index contributed by atoms with van der Waals surface area (Å²) in [5.74, 6) is 1.15. The van der Waals surface area contributed by atoms with Crippen LogP contribution in [-0.4, -0.2) is 23.7 Å². The molecule has 2 rings (SSSR count). The number of ether oxygens (including phenoxy) is 1. The second-order valence-corrected chi connectivity index (χ2v) is 6.49. The van der Waals surface area contributed by atoms with Crippen molar-refractivity contribution < 1.29 is 9.53 Å². The van der Waals surface area contributed by atoms with Crippen LogP contribution in [0.1, 0.15) is 25.3 Å². The standard InChI is InChI=1S/C16H19BrO2S/c1-2-19-16(18)14-13(9-6-10-17)11-20-15(14)12-7-4-3-5-8-12/h3-5,7-8,13H,2,6,9-11H2,1H3. The van der Waals surface area contributed by atoms with Crippen molar-refractivity contribution in [3.8, 4) is 0 Å². The minimum Gasteiger partial charge on any atom is -0.463 e. The molecule has 20 heavy (non-hydrogen) atoms. The number of carbonyl (C=O) groups is 1. The maximum Gasteiger partial charge on any atom is 0.335 e. The molecule has 1 aliphatic rings. The zero-order valence-electron chi connectivity index (χ0n) is 11.6. The van der Waals surface area contributed by atoms with E-state index in [9.17, 15) is 4.79 Å². The average molecular weight is 355 g/mol. The number of esters is 1. The van der Waals surface area contributed by atoms with Crippen molar-refractivity contribution in [2.24, 2.45) is 5.92 Å². The lowest BCUT2D eigenvalue weighted by atomic mass is 9.94. The Morgan fingerprint density at radius 3 is 2.80 bits per heavy atom. The van der Waals surface area contributed by atoms with E-state index in [-0.39, 0.29) is 5.97 Å². The van der Waals surface area contributed by atoms with E-state index >= 15 is 0 Å². The molecule has 4 heteroatoms. The molecule has 0 saturated heterocycles. The van der Waals surface area contributed by atoms with Gasteiger partial charge in [0.1, 0.15) is 0 Å². The number of thioether (sulfide) groups is 1. The lowest BCUT2D eigenvalue weighted by molar-refractivity contribution is -0.138. The van der Waals surface area contributed by atoms with Crippen LogP contribution in [0.25, 0.3) is 4.91 Å². The number of alkyl halides is 1. The molecule has 0 radical (unpaired) electrons. The third kappa shape index (κ3) is 3.67. The Morgan fingerprint density at radius 2 is 2.15 bits per heavy atom. The van der Waals surface area contributed by atoms with E-state index in [2.05, 4.69) is 28.1 Å². The molecular formula is C16H19BrO2S. The first-order valence-electron chi connectivity index (χ1n) is 6.93. The van der Waals surface area contributed by atoms with Gasteiger partial charge in [0.25, 0.3) is 0 Å². The molecule has 0 amide bonds. The van der Waals surface area contributed by atoms with E-state index in [1.165, 1.54) is 0 Å². The molecule has 0 fully saturated rings. The zero-order chi connectivity index (χ0) is 14.4. The van der Waals surface area contributed by atoms with E-state index < -0.39 is 0 Å². The van der Waals surface area contributed by atoms with Crippen LogP contribution in [-0.2, 0) is 9.53 Å². The summed E-state index contributed by atoms with van der Waals surface area (Å²) in [6.45, 7) is 2.29. The Kier molecular flexibility index (Phi) is 6.17. The van der Waals surface area contributed by atoms with Crippen LogP contribution in [0, 0.1) is 5.92 Å². The monoisotopic (exact) mass is 354 g/mol. The van der Waals surface area contributed by atoms with Gasteiger partial charge in [-0.3, -0.25) is 0 Å². The highest BCUT2D eigenvalue weighted by Gasteiger charge is 2.32. The summed E-state index contributed by atoms with van der Waals surface area (Å²) in [5.41, 5.74) is 2.01. The normalized spacial score (nSPS) is 18.4. The van der Waals surface area contributed by atoms with Gasteiger partial charge in [0, 0.05) is 21.9 Å². The van der Waals surface area contributed by atoms with Crippen LogP contribution in [0.3, 0.4) is 0 Å². The van der Waals surface area contributed by atoms with Crippen LogP contribution in [0.2, 0.25) is 0 Å². The fourth-order valence-corrected chi connectivity index (χ4v) is 4.11. The van der Waals surface area contributed by atoms with Gasteiger partial charge < -0.3 is 4.74 Å². The molecule has 1 unspecified atom stereocenters. The van der Waals surface area contributed by atoms with Gasteiger partial charge in [-0.2, -0.15) is 0 Å². The molecule has 1 aromatic rings. The molecule has 0 spiro atoms. The number of halogens is 1. The van der Waals surface area contributed by atoms with Gasteiger partial charge in [-0.15, -0.1) is 11.8 Å². The van der Waals surface area contributed by atoms with Crippen LogP contribution in [0.15, 0.2) is 35.9 Å². The van der Waals surface area contributed by atoms with Crippen LogP contribution in [0.4, 0.5) is 0 Å². The Hall–Kier alpha value is -0.740. The van der Waals surface area contributed by atoms with E-state index in [1.807, 2.05) is 25.1 Å². The number of carbonyl (C=O) groups excluding carboxylic acids is 1. The highest BCUT2D eigenvalue weighted by Crippen LogP contribution is 2.44. The number of hydrogen-bond donors (Lipinski definition) is 0. The predicted octanol–water partition coefficient (Wildman–Crippen LogP) is 4.50. The maximum atomic E-state index is 12.3. The first-order valence-corrected chi connectivity index (χ1v) is 9.04. The van der Waals surface area contributed by atoms with Gasteiger partial charge >= 0.3 is 5.97 Å². The summed E-state index contributed by atoms with van der Waals surface area (Å²) >= 11 is 5.25. The summed E-state index contributed by atoms with van der Waals surface area (Å²) in [5, 5.41) is 0.977. The van der Waals surface area contributed by atoms with Gasteiger partial charge in [0.2, 0.25) is 0 Å². The molecule has 0 aromatic heterocycles. The van der Waals surface area contributed by atoms with Crippen molar-refractivity contribution in [3.63, 3.8) is 0 Å². The van der Waals surface area contributed by atoms with Gasteiger partial charge in [-0.1, -0.05) is 46.3 Å². The minimum atomic E-state index is -0.143. The summed E-state index contributed by atoms with van der Waals surface area (Å²) in [6, 6.07) is 10.1. The third-order valence-electron chi connectivity index (χ3n) is 3.30. The maximum absolute atomic E-state index is 12.3. The highest BCUT2D eigenvalue weighted by atomic mass is 79.9. The minimum absolute atomic E-state index is 0.143. The molecule has 1 atom stereocenters. The average Bonchev–Trinajstić information content (AvgIpc) is 2.90. The molecule has 0 aliphatic carbocycles. The van der Waals surface area contributed by atoms with Gasteiger partial charge in [-0.25, -0.2) is 4.79 Å². The fourth-order valence-electron chi connectivity index (χ4n) is 2.38. The van der Waals surface area contributed by atoms with Crippen molar-refractivity contribution in [3.05, 3.63) is 41.5 Å². The molecule has 108 valence electrons. The molecule has 0 saturated carbocycles. The summed E-state index contributed by atoms with van der Waals surface area (Å²) < 4.78 is 5.27. The Morgan fingerprint density at radius 1 is 1.40 bits per heavy atom. The molecule has 1 heterocycles. The quantitative estimate of drug-likeness (QED) is 0.555. The fraction of sp³-hybridized carbons (Fsp3) is 0.438. The largest absolute Gasteiger partial charge is 0.463 e. The zero-order valence-corrected chi connectivity index (χ0v) is 14.0. The van der Waals surface area contributed by atoms with Crippen molar-refractivity contribution in [1.82, 2.24) is 0 Å². The molecule has 2 nitrogen and oxygen atoms in total. The smallest absolute Gasteiger partial charge is 0.335 e. The van der Waals surface area contributed by atoms with Crippen molar-refractivity contribution >= 4 is 38.6 Å². The van der Waals surface area contributed by atoms with E-state index in [0.717, 1.165) is 40.0 Å². The molecule has 0 N–H and O–H groups in total. The van der Waals surface area contributed by atoms with Crippen LogP contribution >= 0.6 is 27.7 Å². The lowest BCUT2D eigenvalue weighted by Crippen LogP contribution is -2.15. The number of hydrogen-bond acceptors (Lipinski definition) is 3. The first-order chi connectivity index (χ1) is 9.77. The van der Waals surface area contributed by atoms with E-state index in [0.29, 0.717) is 12.5 Å². The second kappa shape index (κ2) is 7.89. The lowest BCUT2D eigenvalue weighted by Gasteiger charge is -2.13. The number of benzene rings is 1. The SMILES string of the molecule is CCOC(=O)C1=C(c2ccccc2)SCC1CCCBr. The Labute approximate surface area is 133 Å². The van der Waals surface area contributed by atoms with Crippen LogP contribution in [0.5, 0.6) is 0 Å². The molecule has 1 aromatic carbocycles. The van der Waals surface area contributed by atoms with Gasteiger partial charge in [0.05, 0.1) is 12.2 Å². The second-order valence-electron chi connectivity index (χ2n) is 4.67. The van der Waals surface area contributed by atoms with Gasteiger partial charge in [-0.05, 0) is 25.3 Å². The summed E-state index contributed by atoms with van der Waals surface area (Å²) in [7, 11) is 0. The van der Waals surface area contributed by atoms with Crippen molar-refractivity contribution in [2.75, 3.05) is 17.7 Å². The predicted molar refractivity (Wildman–Crippen MR) is 89.0 cm³/mol. The van der Waals surface area contributed by atoms with E-state index in [1.54, 1.807) is 11.8 Å². The Balaban J connectivity index is 2.31. The third-order valence-corrected chi connectivity index (χ3v) is 5.17. The van der Waals surface area contributed by atoms with E-state index in [4.69, 9.17) is 4.74 Å². The van der Waals surface area contributed by atoms with Crippen LogP contribution < -0.4 is 0 Å². The van der Waals surface area contributed by atoms with Crippen molar-refractivity contribution in [2.45, 2.75) is 19.8 Å². The molecular weight excluding hydrogens is 336 g/mol. The summed E-state index contributed by atoms with van der Waals surface area (Å²) in [6.07, 6.45) is 2.11. The topological polar surface area (TPSA) is 26.3 Å². The highest BCUT2D eigenvalue weighted by molar-refractivity contribution is 9.09. The van der Waals surface area contributed by atoms with Gasteiger partial charge in [0.15, 0.2) is 0 Å². The molecule has 1 aliphatic heterocycles. The summed E-state index contributed by atoms with van der Waals surface area (Å²) in [4.78, 5) is 13.4. The van der Waals surface area contributed by atoms with Crippen molar-refractivity contribution in [1.29, 1.82) is 0 Å². The number of rotatable bonds is 6. The Bertz CT molecular complexity index is 485. The first kappa shape index (κ1) is 15.6.